The molecule has 0 aliphatic carbocycles. The Balaban J connectivity index is 2.92. The molecule has 0 aliphatic rings. The Hall–Kier alpha value is 1.69. The molecule has 0 aromatic heterocycles. The summed E-state index contributed by atoms with van der Waals surface area (Å²) in [6, 6.07) is 4.24. The first-order chi connectivity index (χ1) is 6.15. The van der Waals surface area contributed by atoms with Gasteiger partial charge in [0, 0.05) is 8.90 Å². The molecule has 0 spiro atoms. The third kappa shape index (κ3) is 3.98. The van der Waals surface area contributed by atoms with E-state index in [1.807, 2.05) is 0 Å². The molecule has 0 aliphatic heterocycles. The van der Waals surface area contributed by atoms with Gasteiger partial charge in [-0.25, -0.2) is 0 Å². The van der Waals surface area contributed by atoms with Crippen LogP contribution in [0.2, 0.25) is 0 Å². The van der Waals surface area contributed by atoms with Crippen molar-refractivity contribution in [2.24, 2.45) is 0 Å². The molecule has 0 atom stereocenters. The van der Waals surface area contributed by atoms with Crippen LogP contribution in [0.3, 0.4) is 0 Å². The molecule has 1 aromatic carbocycles. The van der Waals surface area contributed by atoms with E-state index in [1.54, 1.807) is 0 Å². The molecule has 0 saturated heterocycles. The van der Waals surface area contributed by atoms with Gasteiger partial charge in [-0.3, -0.25) is 0 Å². The summed E-state index contributed by atoms with van der Waals surface area (Å²) >= 11 is 10.3. The SMILES string of the molecule is BrCCOc1c(I)cc(I)cc1I. The fourth-order valence-corrected chi connectivity index (χ4v) is 4.86. The maximum atomic E-state index is 5.61. The zero-order chi connectivity index (χ0) is 9.84. The van der Waals surface area contributed by atoms with Gasteiger partial charge in [-0.1, -0.05) is 15.9 Å². The highest BCUT2D eigenvalue weighted by Crippen LogP contribution is 2.29. The van der Waals surface area contributed by atoms with Gasteiger partial charge in [-0.15, -0.1) is 0 Å². The molecule has 1 aromatic rings. The average Bonchev–Trinajstić information content (AvgIpc) is 2.02. The topological polar surface area (TPSA) is 9.23 Å². The molecule has 0 saturated carbocycles. The lowest BCUT2D eigenvalue weighted by Gasteiger charge is -2.09. The molecule has 5 heteroatoms. The normalized spacial score (nSPS) is 10.2. The maximum absolute atomic E-state index is 5.61. The second-order valence-electron chi connectivity index (χ2n) is 2.24. The van der Waals surface area contributed by atoms with Crippen molar-refractivity contribution in [3.63, 3.8) is 0 Å². The standard InChI is InChI=1S/C8H6BrI3O/c9-1-2-13-8-6(11)3-5(10)4-7(8)12/h3-4H,1-2H2. The first-order valence-corrected chi connectivity index (χ1v) is 7.84. The molecule has 0 amide bonds. The van der Waals surface area contributed by atoms with E-state index in [0.29, 0.717) is 6.61 Å². The summed E-state index contributed by atoms with van der Waals surface area (Å²) in [4.78, 5) is 0. The van der Waals surface area contributed by atoms with E-state index in [1.165, 1.54) is 10.7 Å². The minimum absolute atomic E-state index is 0.715. The number of alkyl halides is 1. The minimum atomic E-state index is 0.715. The maximum Gasteiger partial charge on any atom is 0.146 e. The van der Waals surface area contributed by atoms with Crippen molar-refractivity contribution < 1.29 is 4.74 Å². The number of benzene rings is 1. The van der Waals surface area contributed by atoms with Crippen LogP contribution < -0.4 is 4.74 Å². The van der Waals surface area contributed by atoms with Gasteiger partial charge in [0.2, 0.25) is 0 Å². The highest BCUT2D eigenvalue weighted by Gasteiger charge is 2.07. The van der Waals surface area contributed by atoms with Crippen molar-refractivity contribution in [3.05, 3.63) is 22.8 Å². The lowest BCUT2D eigenvalue weighted by Crippen LogP contribution is -2.01. The molecule has 1 nitrogen and oxygen atoms in total. The summed E-state index contributed by atoms with van der Waals surface area (Å²) in [6.07, 6.45) is 0. The van der Waals surface area contributed by atoms with Crippen LogP contribution in [-0.2, 0) is 0 Å². The highest BCUT2D eigenvalue weighted by molar-refractivity contribution is 14.1. The van der Waals surface area contributed by atoms with Gasteiger partial charge in [0.1, 0.15) is 5.75 Å². The van der Waals surface area contributed by atoms with Crippen molar-refractivity contribution in [3.8, 4) is 5.75 Å². The number of ether oxygens (including phenoxy) is 1. The lowest BCUT2D eigenvalue weighted by molar-refractivity contribution is 0.340. The lowest BCUT2D eigenvalue weighted by atomic mass is 10.3. The molecule has 13 heavy (non-hydrogen) atoms. The highest BCUT2D eigenvalue weighted by atomic mass is 127. The number of hydrogen-bond donors (Lipinski definition) is 0. The van der Waals surface area contributed by atoms with E-state index in [0.717, 1.165) is 11.1 Å². The van der Waals surface area contributed by atoms with Crippen LogP contribution in [0.4, 0.5) is 0 Å². The number of rotatable bonds is 3. The van der Waals surface area contributed by atoms with Crippen LogP contribution in [0.1, 0.15) is 0 Å². The molecule has 0 radical (unpaired) electrons. The van der Waals surface area contributed by atoms with Gasteiger partial charge in [-0.2, -0.15) is 0 Å². The second kappa shape index (κ2) is 6.31. The molecule has 72 valence electrons. The van der Waals surface area contributed by atoms with Gasteiger partial charge in [0.25, 0.3) is 0 Å². The van der Waals surface area contributed by atoms with E-state index in [2.05, 4.69) is 95.8 Å². The Morgan fingerprint density at radius 3 is 2.15 bits per heavy atom. The molecule has 0 bridgehead atoms. The summed E-state index contributed by atoms with van der Waals surface area (Å²) in [5.41, 5.74) is 0. The van der Waals surface area contributed by atoms with Gasteiger partial charge in [0.15, 0.2) is 0 Å². The summed E-state index contributed by atoms with van der Waals surface area (Å²) in [5, 5.41) is 0.866. The van der Waals surface area contributed by atoms with Crippen molar-refractivity contribution in [1.29, 1.82) is 0 Å². The molecule has 1 rings (SSSR count). The zero-order valence-electron chi connectivity index (χ0n) is 6.49. The first-order valence-electron chi connectivity index (χ1n) is 3.48. The fourth-order valence-electron chi connectivity index (χ4n) is 0.807. The summed E-state index contributed by atoms with van der Waals surface area (Å²) in [7, 11) is 0. The predicted molar refractivity (Wildman–Crippen MR) is 83.9 cm³/mol. The number of halogens is 4. The van der Waals surface area contributed by atoms with E-state index in [9.17, 15) is 0 Å². The summed E-state index contributed by atoms with van der Waals surface area (Å²) in [5.74, 6) is 1.00. The van der Waals surface area contributed by atoms with Crippen molar-refractivity contribution in [2.75, 3.05) is 11.9 Å². The van der Waals surface area contributed by atoms with E-state index in [-0.39, 0.29) is 0 Å². The van der Waals surface area contributed by atoms with Gasteiger partial charge in [0.05, 0.1) is 13.7 Å². The fraction of sp³-hybridized carbons (Fsp3) is 0.250. The Kier molecular flexibility index (Phi) is 6.19. The van der Waals surface area contributed by atoms with Gasteiger partial charge >= 0.3 is 0 Å². The van der Waals surface area contributed by atoms with Crippen LogP contribution in [-0.4, -0.2) is 11.9 Å². The Labute approximate surface area is 127 Å². The van der Waals surface area contributed by atoms with Crippen LogP contribution in [0, 0.1) is 10.7 Å². The molecular weight excluding hydrogens is 573 g/mol. The molecule has 0 unspecified atom stereocenters. The van der Waals surface area contributed by atoms with Crippen molar-refractivity contribution in [1.82, 2.24) is 0 Å². The van der Waals surface area contributed by atoms with E-state index < -0.39 is 0 Å². The van der Waals surface area contributed by atoms with Crippen LogP contribution >= 0.6 is 83.7 Å². The van der Waals surface area contributed by atoms with Crippen LogP contribution in [0.25, 0.3) is 0 Å². The monoisotopic (exact) mass is 578 g/mol. The van der Waals surface area contributed by atoms with Gasteiger partial charge < -0.3 is 4.74 Å². The van der Waals surface area contributed by atoms with Crippen LogP contribution in [0.15, 0.2) is 12.1 Å². The minimum Gasteiger partial charge on any atom is -0.490 e. The van der Waals surface area contributed by atoms with Crippen molar-refractivity contribution in [2.45, 2.75) is 0 Å². The number of hydrogen-bond acceptors (Lipinski definition) is 1. The Morgan fingerprint density at radius 2 is 1.69 bits per heavy atom. The van der Waals surface area contributed by atoms with E-state index >= 15 is 0 Å². The van der Waals surface area contributed by atoms with Crippen LogP contribution in [0.5, 0.6) is 5.75 Å². The Morgan fingerprint density at radius 1 is 1.15 bits per heavy atom. The summed E-state index contributed by atoms with van der Waals surface area (Å²) < 4.78 is 9.21. The predicted octanol–water partition coefficient (Wildman–Crippen LogP) is 4.27. The molecular formula is C8H6BrI3O. The van der Waals surface area contributed by atoms with E-state index in [4.69, 9.17) is 4.74 Å². The zero-order valence-corrected chi connectivity index (χ0v) is 14.5. The molecule has 0 N–H and O–H groups in total. The largest absolute Gasteiger partial charge is 0.490 e. The van der Waals surface area contributed by atoms with Crippen molar-refractivity contribution >= 4 is 83.7 Å². The quantitative estimate of drug-likeness (QED) is 0.385. The summed E-state index contributed by atoms with van der Waals surface area (Å²) in [6.45, 7) is 0.715. The molecule has 0 heterocycles. The average molecular weight is 579 g/mol. The second-order valence-corrected chi connectivity index (χ2v) is 6.60. The Bertz CT molecular complexity index is 280. The van der Waals surface area contributed by atoms with Gasteiger partial charge in [-0.05, 0) is 79.9 Å². The molecule has 0 fully saturated rings. The third-order valence-electron chi connectivity index (χ3n) is 1.29. The first kappa shape index (κ1) is 12.8. The third-order valence-corrected chi connectivity index (χ3v) is 3.84. The smallest absolute Gasteiger partial charge is 0.146 e.